The number of nitrogens with two attached hydrogens (primary N) is 1. The number of anilines is 1. The van der Waals surface area contributed by atoms with Gasteiger partial charge in [-0.2, -0.15) is 0 Å². The van der Waals surface area contributed by atoms with Crippen molar-refractivity contribution >= 4 is 14.1 Å². The van der Waals surface area contributed by atoms with Crippen LogP contribution in [0.5, 0.6) is 0 Å². The van der Waals surface area contributed by atoms with E-state index in [4.69, 9.17) is 25.2 Å². The summed E-state index contributed by atoms with van der Waals surface area (Å²) in [7, 11) is -4.53. The molecule has 19 heavy (non-hydrogen) atoms. The van der Waals surface area contributed by atoms with Gasteiger partial charge in [-0.25, -0.2) is 0 Å². The van der Waals surface area contributed by atoms with Gasteiger partial charge in [-0.05, 0) is 0 Å². The number of hydrogen-bond acceptors (Lipinski definition) is 9. The third-order valence-corrected chi connectivity index (χ3v) is 3.16. The van der Waals surface area contributed by atoms with Crippen molar-refractivity contribution in [3.63, 3.8) is 0 Å². The predicted octanol–water partition coefficient (Wildman–Crippen LogP) is -1.70. The van der Waals surface area contributed by atoms with Gasteiger partial charge in [-0.3, -0.25) is 0 Å². The summed E-state index contributed by atoms with van der Waals surface area (Å²) >= 11 is 0. The molecule has 1 aliphatic heterocycles. The third-order valence-electron chi connectivity index (χ3n) is 2.60. The van der Waals surface area contributed by atoms with Gasteiger partial charge in [0.05, 0.1) is 0 Å². The molecule has 0 bridgehead atoms. The standard InChI is InChI=1S/C8H15N4O6P/c9-7-10-4-12(8(13)11-7)6-2-1-5(18-6)3-17-19(14,15)16/h4-6,14-16,19H,1-3H2,(H2,9,11,13)/t5-,6+/m0/s1. The zero-order valence-electron chi connectivity index (χ0n) is 9.84. The van der Waals surface area contributed by atoms with Crippen molar-refractivity contribution in [2.75, 3.05) is 12.3 Å². The number of nitrogen functional groups attached to an aromatic ring is 1. The molecule has 108 valence electrons. The van der Waals surface area contributed by atoms with Crippen molar-refractivity contribution in [3.8, 4) is 0 Å². The zero-order chi connectivity index (χ0) is 14.0. The van der Waals surface area contributed by atoms with Gasteiger partial charge in [0.15, 0.2) is 0 Å². The van der Waals surface area contributed by atoms with Crippen LogP contribution in [0.3, 0.4) is 0 Å². The number of hydrogen-bond donors (Lipinski definition) is 4. The molecule has 1 aliphatic rings. The van der Waals surface area contributed by atoms with Gasteiger partial charge in [-0.1, -0.05) is 0 Å². The molecule has 1 aromatic heterocycles. The van der Waals surface area contributed by atoms with E-state index in [0.29, 0.717) is 12.8 Å². The summed E-state index contributed by atoms with van der Waals surface area (Å²) in [5.74, 6) is -0.115. The molecular formula is C8H15N4O6P. The molecular weight excluding hydrogens is 279 g/mol. The summed E-state index contributed by atoms with van der Waals surface area (Å²) in [4.78, 5) is 44.9. The van der Waals surface area contributed by atoms with Gasteiger partial charge >= 0.3 is 107 Å². The van der Waals surface area contributed by atoms with E-state index in [9.17, 15) is 4.79 Å². The summed E-state index contributed by atoms with van der Waals surface area (Å²) < 4.78 is 11.2. The van der Waals surface area contributed by atoms with E-state index < -0.39 is 26.2 Å². The number of nitrogens with zero attached hydrogens (tertiary/aromatic N) is 3. The predicted molar refractivity (Wildman–Crippen MR) is 64.8 cm³/mol. The molecule has 0 saturated carbocycles. The molecule has 2 atom stereocenters. The van der Waals surface area contributed by atoms with Gasteiger partial charge in [-0.15, -0.1) is 0 Å². The Hall–Kier alpha value is -1.16. The van der Waals surface area contributed by atoms with Gasteiger partial charge in [0.2, 0.25) is 0 Å². The van der Waals surface area contributed by atoms with Crippen molar-refractivity contribution in [2.24, 2.45) is 0 Å². The van der Waals surface area contributed by atoms with Crippen LogP contribution in [0.2, 0.25) is 0 Å². The Morgan fingerprint density at radius 1 is 1.53 bits per heavy atom. The second kappa shape index (κ2) is 5.45. The molecule has 11 heteroatoms. The fourth-order valence-corrected chi connectivity index (χ4v) is 2.18. The molecule has 0 amide bonds. The van der Waals surface area contributed by atoms with Crippen molar-refractivity contribution in [1.82, 2.24) is 14.5 Å². The molecule has 1 fully saturated rings. The molecule has 0 aliphatic carbocycles. The Morgan fingerprint density at radius 2 is 2.26 bits per heavy atom. The van der Waals surface area contributed by atoms with E-state index >= 15 is 0 Å². The SMILES string of the molecule is Nc1ncn([C@H]2CC[C@@H](CO[PH](O)(O)O)O2)c(=O)n1. The van der Waals surface area contributed by atoms with Crippen LogP contribution in [0.15, 0.2) is 11.1 Å². The first-order valence-electron chi connectivity index (χ1n) is 5.52. The second-order valence-electron chi connectivity index (χ2n) is 4.08. The summed E-state index contributed by atoms with van der Waals surface area (Å²) in [5, 5.41) is 0. The number of ether oxygens (including phenoxy) is 1. The molecule has 1 saturated heterocycles. The quantitative estimate of drug-likeness (QED) is 0.476. The third kappa shape index (κ3) is 3.90. The Labute approximate surface area is 108 Å². The summed E-state index contributed by atoms with van der Waals surface area (Å²) in [6.45, 7) is -0.170. The molecule has 0 aromatic carbocycles. The van der Waals surface area contributed by atoms with Crippen LogP contribution in [0.25, 0.3) is 0 Å². The van der Waals surface area contributed by atoms with Gasteiger partial charge < -0.3 is 0 Å². The molecule has 2 heterocycles. The fraction of sp³-hybridized carbons (Fsp3) is 0.625. The molecule has 0 unspecified atom stereocenters. The van der Waals surface area contributed by atoms with Crippen molar-refractivity contribution < 1.29 is 23.9 Å². The maximum absolute atomic E-state index is 11.6. The van der Waals surface area contributed by atoms with Crippen molar-refractivity contribution in [2.45, 2.75) is 25.2 Å². The normalized spacial score (nSPS) is 24.6. The minimum absolute atomic E-state index is 0.115. The van der Waals surface area contributed by atoms with E-state index in [1.54, 1.807) is 0 Å². The van der Waals surface area contributed by atoms with Crippen LogP contribution in [-0.2, 0) is 9.26 Å². The van der Waals surface area contributed by atoms with E-state index in [1.165, 1.54) is 10.9 Å². The minimum atomic E-state index is -4.53. The molecule has 5 N–H and O–H groups in total. The van der Waals surface area contributed by atoms with Gasteiger partial charge in [0.25, 0.3) is 0 Å². The summed E-state index contributed by atoms with van der Waals surface area (Å²) in [5.41, 5.74) is 4.70. The van der Waals surface area contributed by atoms with Crippen LogP contribution in [0.1, 0.15) is 19.1 Å². The first-order chi connectivity index (χ1) is 8.85. The fourth-order valence-electron chi connectivity index (χ4n) is 1.77. The Kier molecular flexibility index (Phi) is 4.09. The van der Waals surface area contributed by atoms with Crippen LogP contribution in [-0.4, -0.2) is 41.9 Å². The van der Waals surface area contributed by atoms with Crippen molar-refractivity contribution in [1.29, 1.82) is 0 Å². The monoisotopic (exact) mass is 294 g/mol. The van der Waals surface area contributed by atoms with Gasteiger partial charge in [0.1, 0.15) is 0 Å². The van der Waals surface area contributed by atoms with Crippen LogP contribution in [0, 0.1) is 0 Å². The van der Waals surface area contributed by atoms with E-state index in [-0.39, 0.29) is 12.6 Å². The van der Waals surface area contributed by atoms with E-state index in [0.717, 1.165) is 0 Å². The first kappa shape index (κ1) is 14.3. The van der Waals surface area contributed by atoms with E-state index in [1.807, 2.05) is 0 Å². The Morgan fingerprint density at radius 3 is 2.89 bits per heavy atom. The number of aromatic nitrogens is 3. The van der Waals surface area contributed by atoms with Gasteiger partial charge in [0, 0.05) is 0 Å². The Bertz CT molecular complexity index is 503. The zero-order valence-corrected chi connectivity index (χ0v) is 10.8. The molecule has 0 spiro atoms. The second-order valence-corrected chi connectivity index (χ2v) is 5.52. The summed E-state index contributed by atoms with van der Waals surface area (Å²) in [6.07, 6.45) is 1.27. The first-order valence-corrected chi connectivity index (χ1v) is 7.27. The average Bonchev–Trinajstić information content (AvgIpc) is 2.74. The molecule has 10 nitrogen and oxygen atoms in total. The van der Waals surface area contributed by atoms with E-state index in [2.05, 4.69) is 14.5 Å². The average molecular weight is 294 g/mol. The molecule has 1 aromatic rings. The van der Waals surface area contributed by atoms with Crippen LogP contribution in [0.4, 0.5) is 5.95 Å². The Balaban J connectivity index is 1.96. The molecule has 0 radical (unpaired) electrons. The number of rotatable bonds is 4. The maximum atomic E-state index is 11.6. The topological polar surface area (TPSA) is 153 Å². The molecule has 2 rings (SSSR count). The van der Waals surface area contributed by atoms with Crippen LogP contribution >= 0.6 is 8.17 Å². The summed E-state index contributed by atoms with van der Waals surface area (Å²) in [6, 6.07) is 0. The van der Waals surface area contributed by atoms with Crippen LogP contribution < -0.4 is 11.4 Å². The van der Waals surface area contributed by atoms with Crippen molar-refractivity contribution in [3.05, 3.63) is 16.8 Å².